The van der Waals surface area contributed by atoms with Crippen molar-refractivity contribution >= 4 is 17.8 Å². The van der Waals surface area contributed by atoms with Crippen LogP contribution in [-0.4, -0.2) is 39.7 Å². The summed E-state index contributed by atoms with van der Waals surface area (Å²) in [5, 5.41) is 10.6. The van der Waals surface area contributed by atoms with E-state index in [1.165, 1.54) is 4.90 Å². The van der Waals surface area contributed by atoms with Gasteiger partial charge in [0.25, 0.3) is 0 Å². The van der Waals surface area contributed by atoms with E-state index in [4.69, 9.17) is 5.10 Å². The van der Waals surface area contributed by atoms with Crippen LogP contribution in [0.25, 0.3) is 16.9 Å². The van der Waals surface area contributed by atoms with Gasteiger partial charge < -0.3 is 15.5 Å². The Hall–Kier alpha value is -4.39. The molecule has 0 aliphatic carbocycles. The molecule has 0 aliphatic heterocycles. The standard InChI is InChI=1S/C28H29N5O2/c1-2-18-32(28(35)29-20-22-12-6-3-7-13-22)21-27(34)30-26-19-25(23-14-8-4-9-15-23)31-33(26)24-16-10-5-11-17-24/h3-17,19H,2,18,20-21H2,1H3,(H,29,35)(H,30,34). The van der Waals surface area contributed by atoms with Gasteiger partial charge in [0.05, 0.1) is 11.4 Å². The topological polar surface area (TPSA) is 79.3 Å². The Bertz CT molecular complexity index is 1240. The van der Waals surface area contributed by atoms with Crippen molar-refractivity contribution in [3.8, 4) is 16.9 Å². The van der Waals surface area contributed by atoms with Crippen LogP contribution in [0.5, 0.6) is 0 Å². The molecule has 0 saturated heterocycles. The van der Waals surface area contributed by atoms with Crippen molar-refractivity contribution in [1.29, 1.82) is 0 Å². The molecule has 1 heterocycles. The van der Waals surface area contributed by atoms with E-state index in [9.17, 15) is 9.59 Å². The van der Waals surface area contributed by atoms with Crippen molar-refractivity contribution in [2.75, 3.05) is 18.4 Å². The number of amides is 3. The lowest BCUT2D eigenvalue weighted by molar-refractivity contribution is -0.116. The number of carbonyl (C=O) groups excluding carboxylic acids is 2. The van der Waals surface area contributed by atoms with Gasteiger partial charge >= 0.3 is 6.03 Å². The van der Waals surface area contributed by atoms with Crippen LogP contribution in [-0.2, 0) is 11.3 Å². The lowest BCUT2D eigenvalue weighted by atomic mass is 10.1. The maximum absolute atomic E-state index is 13.0. The van der Waals surface area contributed by atoms with Gasteiger partial charge in [0.2, 0.25) is 5.91 Å². The van der Waals surface area contributed by atoms with Gasteiger partial charge in [0.15, 0.2) is 0 Å². The van der Waals surface area contributed by atoms with Crippen LogP contribution in [0.2, 0.25) is 0 Å². The number of para-hydroxylation sites is 1. The summed E-state index contributed by atoms with van der Waals surface area (Å²) in [7, 11) is 0. The van der Waals surface area contributed by atoms with Gasteiger partial charge in [-0.2, -0.15) is 5.10 Å². The van der Waals surface area contributed by atoms with E-state index in [1.807, 2.05) is 104 Å². The molecule has 0 radical (unpaired) electrons. The maximum atomic E-state index is 13.0. The molecule has 35 heavy (non-hydrogen) atoms. The SMILES string of the molecule is CCCN(CC(=O)Nc1cc(-c2ccccc2)nn1-c1ccccc1)C(=O)NCc1ccccc1. The number of carbonyl (C=O) groups is 2. The molecule has 3 amide bonds. The Morgan fingerprint density at radius 1 is 0.886 bits per heavy atom. The maximum Gasteiger partial charge on any atom is 0.318 e. The van der Waals surface area contributed by atoms with Crippen molar-refractivity contribution in [3.63, 3.8) is 0 Å². The molecule has 178 valence electrons. The Morgan fingerprint density at radius 3 is 2.17 bits per heavy atom. The van der Waals surface area contributed by atoms with Crippen LogP contribution < -0.4 is 10.6 Å². The molecule has 0 unspecified atom stereocenters. The fourth-order valence-corrected chi connectivity index (χ4v) is 3.75. The molecular weight excluding hydrogens is 438 g/mol. The second kappa shape index (κ2) is 11.7. The Labute approximate surface area is 205 Å². The average molecular weight is 468 g/mol. The van der Waals surface area contributed by atoms with Crippen molar-refractivity contribution in [1.82, 2.24) is 20.0 Å². The van der Waals surface area contributed by atoms with Crippen LogP contribution in [0.1, 0.15) is 18.9 Å². The third-order valence-corrected chi connectivity index (χ3v) is 5.45. The second-order valence-electron chi connectivity index (χ2n) is 8.14. The molecule has 3 aromatic carbocycles. The molecular formula is C28H29N5O2. The first-order chi connectivity index (χ1) is 17.1. The molecule has 1 aromatic heterocycles. The van der Waals surface area contributed by atoms with E-state index < -0.39 is 0 Å². The summed E-state index contributed by atoms with van der Waals surface area (Å²) in [5.74, 6) is 0.256. The van der Waals surface area contributed by atoms with Crippen molar-refractivity contribution in [2.45, 2.75) is 19.9 Å². The largest absolute Gasteiger partial charge is 0.334 e. The monoisotopic (exact) mass is 467 g/mol. The number of nitrogens with one attached hydrogen (secondary N) is 2. The second-order valence-corrected chi connectivity index (χ2v) is 8.14. The van der Waals surface area contributed by atoms with E-state index >= 15 is 0 Å². The summed E-state index contributed by atoms with van der Waals surface area (Å²) in [6.07, 6.45) is 0.742. The summed E-state index contributed by atoms with van der Waals surface area (Å²) in [6.45, 7) is 2.80. The van der Waals surface area contributed by atoms with Gasteiger partial charge in [-0.05, 0) is 24.1 Å². The highest BCUT2D eigenvalue weighted by Gasteiger charge is 2.19. The average Bonchev–Trinajstić information content (AvgIpc) is 3.32. The first-order valence-electron chi connectivity index (χ1n) is 11.7. The molecule has 0 spiro atoms. The number of urea groups is 1. The van der Waals surface area contributed by atoms with Crippen LogP contribution in [0, 0.1) is 0 Å². The fraction of sp³-hybridized carbons (Fsp3) is 0.179. The summed E-state index contributed by atoms with van der Waals surface area (Å²) in [4.78, 5) is 27.3. The minimum atomic E-state index is -0.287. The molecule has 0 fully saturated rings. The third-order valence-electron chi connectivity index (χ3n) is 5.45. The lowest BCUT2D eigenvalue weighted by Gasteiger charge is -2.22. The quantitative estimate of drug-likeness (QED) is 0.359. The summed E-state index contributed by atoms with van der Waals surface area (Å²) >= 11 is 0. The van der Waals surface area contributed by atoms with Crippen LogP contribution in [0.3, 0.4) is 0 Å². The number of benzene rings is 3. The fourth-order valence-electron chi connectivity index (χ4n) is 3.75. The molecule has 4 aromatic rings. The lowest BCUT2D eigenvalue weighted by Crippen LogP contribution is -2.44. The zero-order chi connectivity index (χ0) is 24.5. The zero-order valence-electron chi connectivity index (χ0n) is 19.7. The van der Waals surface area contributed by atoms with Crippen molar-refractivity contribution < 1.29 is 9.59 Å². The van der Waals surface area contributed by atoms with Crippen LogP contribution in [0.4, 0.5) is 10.6 Å². The number of anilines is 1. The molecule has 0 bridgehead atoms. The van der Waals surface area contributed by atoms with Gasteiger partial charge in [-0.3, -0.25) is 4.79 Å². The van der Waals surface area contributed by atoms with Crippen LogP contribution in [0.15, 0.2) is 97.1 Å². The van der Waals surface area contributed by atoms with Gasteiger partial charge in [-0.15, -0.1) is 0 Å². The van der Waals surface area contributed by atoms with Gasteiger partial charge in [-0.25, -0.2) is 9.48 Å². The highest BCUT2D eigenvalue weighted by atomic mass is 16.2. The number of rotatable bonds is 9. The summed E-state index contributed by atoms with van der Waals surface area (Å²) in [6, 6.07) is 30.7. The van der Waals surface area contributed by atoms with Crippen molar-refractivity contribution in [2.24, 2.45) is 0 Å². The van der Waals surface area contributed by atoms with Crippen molar-refractivity contribution in [3.05, 3.63) is 103 Å². The molecule has 0 aliphatic rings. The molecule has 7 nitrogen and oxygen atoms in total. The number of nitrogens with zero attached hydrogens (tertiary/aromatic N) is 3. The van der Waals surface area contributed by atoms with Gasteiger partial charge in [0.1, 0.15) is 12.4 Å². The zero-order valence-corrected chi connectivity index (χ0v) is 19.7. The van der Waals surface area contributed by atoms with E-state index in [0.717, 1.165) is 28.9 Å². The highest BCUT2D eigenvalue weighted by molar-refractivity contribution is 5.94. The normalized spacial score (nSPS) is 10.5. The Kier molecular flexibility index (Phi) is 7.91. The smallest absolute Gasteiger partial charge is 0.318 e. The van der Waals surface area contributed by atoms with Crippen LogP contribution >= 0.6 is 0 Å². The number of hydrogen-bond acceptors (Lipinski definition) is 3. The first-order valence-corrected chi connectivity index (χ1v) is 11.7. The minimum absolute atomic E-state index is 0.0604. The molecule has 7 heteroatoms. The summed E-state index contributed by atoms with van der Waals surface area (Å²) in [5.41, 5.74) is 3.53. The highest BCUT2D eigenvalue weighted by Crippen LogP contribution is 2.24. The Balaban J connectivity index is 1.49. The molecule has 0 atom stereocenters. The molecule has 0 saturated carbocycles. The van der Waals surface area contributed by atoms with Gasteiger partial charge in [-0.1, -0.05) is 85.8 Å². The van der Waals surface area contributed by atoms with E-state index in [2.05, 4.69) is 10.6 Å². The predicted molar refractivity (Wildman–Crippen MR) is 138 cm³/mol. The minimum Gasteiger partial charge on any atom is -0.334 e. The number of aromatic nitrogens is 2. The number of hydrogen-bond donors (Lipinski definition) is 2. The predicted octanol–water partition coefficient (Wildman–Crippen LogP) is 5.10. The molecule has 4 rings (SSSR count). The van der Waals surface area contributed by atoms with E-state index in [1.54, 1.807) is 4.68 Å². The summed E-state index contributed by atoms with van der Waals surface area (Å²) < 4.78 is 1.71. The molecule has 2 N–H and O–H groups in total. The van der Waals surface area contributed by atoms with Gasteiger partial charge in [0, 0.05) is 24.7 Å². The van der Waals surface area contributed by atoms with E-state index in [0.29, 0.717) is 18.9 Å². The van der Waals surface area contributed by atoms with E-state index in [-0.39, 0.29) is 18.5 Å². The first kappa shape index (κ1) is 23.8. The Morgan fingerprint density at radius 2 is 1.51 bits per heavy atom. The third kappa shape index (κ3) is 6.35.